The fraction of sp³-hybridized carbons (Fsp3) is 0.680. The molecule has 0 amide bonds. The Hall–Kier alpha value is -1.93. The minimum absolute atomic E-state index is 0.280. The molecule has 180 valence electrons. The first kappa shape index (κ1) is 22.8. The second-order valence-electron chi connectivity index (χ2n) is 10.1. The molecule has 1 aromatic heterocycles. The summed E-state index contributed by atoms with van der Waals surface area (Å²) in [5.41, 5.74) is 0.784. The van der Waals surface area contributed by atoms with Gasteiger partial charge in [-0.15, -0.1) is 10.2 Å². The number of hydrogen-bond acceptors (Lipinski definition) is 4. The van der Waals surface area contributed by atoms with Gasteiger partial charge in [0.1, 0.15) is 11.6 Å². The molecule has 1 spiro atoms. The van der Waals surface area contributed by atoms with Crippen LogP contribution >= 0.6 is 0 Å². The van der Waals surface area contributed by atoms with Crippen molar-refractivity contribution in [1.29, 1.82) is 0 Å². The van der Waals surface area contributed by atoms with Crippen molar-refractivity contribution in [1.82, 2.24) is 19.7 Å². The van der Waals surface area contributed by atoms with Crippen LogP contribution in [0.1, 0.15) is 73.1 Å². The van der Waals surface area contributed by atoms with E-state index in [4.69, 9.17) is 4.74 Å². The molecule has 2 saturated heterocycles. The predicted octanol–water partition coefficient (Wildman–Crippen LogP) is 4.93. The van der Waals surface area contributed by atoms with Crippen LogP contribution in [0.3, 0.4) is 0 Å². The van der Waals surface area contributed by atoms with Crippen LogP contribution in [0, 0.1) is 5.41 Å². The monoisotopic (exact) mass is 462 g/mol. The number of benzene rings is 1. The second-order valence-corrected chi connectivity index (χ2v) is 10.1. The molecular formula is C25H33F3N4O. The summed E-state index contributed by atoms with van der Waals surface area (Å²) in [4.78, 5) is 2.54. The van der Waals surface area contributed by atoms with Crippen LogP contribution in [0.4, 0.5) is 13.2 Å². The van der Waals surface area contributed by atoms with Crippen LogP contribution in [0.5, 0.6) is 0 Å². The van der Waals surface area contributed by atoms with Crippen molar-refractivity contribution < 1.29 is 17.9 Å². The molecule has 0 radical (unpaired) electrons. The van der Waals surface area contributed by atoms with Crippen molar-refractivity contribution in [3.05, 3.63) is 47.0 Å². The maximum atomic E-state index is 12.8. The Morgan fingerprint density at radius 2 is 1.85 bits per heavy atom. The van der Waals surface area contributed by atoms with E-state index in [1.54, 1.807) is 12.1 Å². The standard InChI is InChI=1S/C25H33F3N4O/c1-31-22(29-30-23(31)19-9-14-33-15-10-19)4-2-3-12-32-13-11-24(17-32)16-21(24)18-5-7-20(8-6-18)25(26,27)28/h5-8,19,21H,2-4,9-17H2,1H3/t21-,24?/m1/s1. The van der Waals surface area contributed by atoms with Gasteiger partial charge in [-0.3, -0.25) is 0 Å². The van der Waals surface area contributed by atoms with Crippen LogP contribution in [-0.4, -0.2) is 52.5 Å². The molecule has 3 aliphatic rings. The number of ether oxygens (including phenoxy) is 1. The van der Waals surface area contributed by atoms with Crippen molar-refractivity contribution in [2.45, 2.75) is 63.0 Å². The fourth-order valence-electron chi connectivity index (χ4n) is 5.87. The Morgan fingerprint density at radius 1 is 1.09 bits per heavy atom. The van der Waals surface area contributed by atoms with Gasteiger partial charge < -0.3 is 14.2 Å². The number of halogens is 3. The summed E-state index contributed by atoms with van der Waals surface area (Å²) in [6, 6.07) is 5.82. The van der Waals surface area contributed by atoms with Crippen molar-refractivity contribution in [3.63, 3.8) is 0 Å². The number of nitrogens with zero attached hydrogens (tertiary/aromatic N) is 4. The summed E-state index contributed by atoms with van der Waals surface area (Å²) in [7, 11) is 2.08. The molecule has 1 saturated carbocycles. The molecule has 2 atom stereocenters. The number of unbranched alkanes of at least 4 members (excludes halogenated alkanes) is 1. The van der Waals surface area contributed by atoms with E-state index < -0.39 is 11.7 Å². The summed E-state index contributed by atoms with van der Waals surface area (Å²) < 4.78 is 46.1. The first-order valence-corrected chi connectivity index (χ1v) is 12.2. The number of alkyl halides is 3. The Labute approximate surface area is 193 Å². The third-order valence-electron chi connectivity index (χ3n) is 8.00. The first-order valence-electron chi connectivity index (χ1n) is 12.2. The van der Waals surface area contributed by atoms with E-state index >= 15 is 0 Å². The molecule has 2 aliphatic heterocycles. The zero-order valence-corrected chi connectivity index (χ0v) is 19.3. The van der Waals surface area contributed by atoms with Gasteiger partial charge in [-0.1, -0.05) is 12.1 Å². The molecule has 0 N–H and O–H groups in total. The molecule has 1 aromatic carbocycles. The highest BCUT2D eigenvalue weighted by Gasteiger charge is 2.57. The van der Waals surface area contributed by atoms with Gasteiger partial charge in [-0.25, -0.2) is 0 Å². The fourth-order valence-corrected chi connectivity index (χ4v) is 5.87. The molecule has 1 unspecified atom stereocenters. The number of rotatable bonds is 7. The summed E-state index contributed by atoms with van der Waals surface area (Å²) in [5.74, 6) is 3.03. The highest BCUT2D eigenvalue weighted by Crippen LogP contribution is 2.64. The van der Waals surface area contributed by atoms with Crippen molar-refractivity contribution in [3.8, 4) is 0 Å². The number of aromatic nitrogens is 3. The Bertz CT molecular complexity index is 952. The quantitative estimate of drug-likeness (QED) is 0.548. The highest BCUT2D eigenvalue weighted by atomic mass is 19.4. The van der Waals surface area contributed by atoms with Gasteiger partial charge >= 0.3 is 6.18 Å². The summed E-state index contributed by atoms with van der Waals surface area (Å²) in [6.45, 7) is 4.85. The normalized spacial score (nSPS) is 26.4. The molecular weight excluding hydrogens is 429 g/mol. The lowest BCUT2D eigenvalue weighted by Crippen LogP contribution is -2.23. The maximum Gasteiger partial charge on any atom is 0.416 e. The van der Waals surface area contributed by atoms with E-state index in [0.717, 1.165) is 95.0 Å². The minimum atomic E-state index is -4.26. The number of hydrogen-bond donors (Lipinski definition) is 0. The van der Waals surface area contributed by atoms with Crippen LogP contribution in [-0.2, 0) is 24.4 Å². The average molecular weight is 463 g/mol. The van der Waals surface area contributed by atoms with Gasteiger partial charge in [0.05, 0.1) is 5.56 Å². The molecule has 2 aromatic rings. The molecule has 5 nitrogen and oxygen atoms in total. The Kier molecular flexibility index (Phi) is 6.25. The lowest BCUT2D eigenvalue weighted by atomic mass is 9.97. The predicted molar refractivity (Wildman–Crippen MR) is 119 cm³/mol. The SMILES string of the molecule is Cn1c(CCCCN2CCC3(C[C@@H]3c3ccc(C(F)(F)F)cc3)C2)nnc1C1CCOCC1. The third kappa shape index (κ3) is 4.83. The molecule has 3 fully saturated rings. The Morgan fingerprint density at radius 3 is 2.58 bits per heavy atom. The molecule has 0 bridgehead atoms. The van der Waals surface area contributed by atoms with E-state index in [2.05, 4.69) is 26.7 Å². The second kappa shape index (κ2) is 9.02. The number of aryl methyl sites for hydroxylation is 1. The zero-order chi connectivity index (χ0) is 23.1. The smallest absolute Gasteiger partial charge is 0.381 e. The van der Waals surface area contributed by atoms with E-state index in [1.807, 2.05) is 0 Å². The van der Waals surface area contributed by atoms with Gasteiger partial charge in [0, 0.05) is 39.1 Å². The molecule has 5 rings (SSSR count). The Balaban J connectivity index is 1.06. The molecule has 8 heteroatoms. The van der Waals surface area contributed by atoms with E-state index in [1.165, 1.54) is 12.1 Å². The van der Waals surface area contributed by atoms with Gasteiger partial charge in [-0.05, 0) is 80.6 Å². The van der Waals surface area contributed by atoms with Gasteiger partial charge in [0.15, 0.2) is 0 Å². The first-order chi connectivity index (χ1) is 15.9. The summed E-state index contributed by atoms with van der Waals surface area (Å²) in [6.07, 6.45) is 3.19. The summed E-state index contributed by atoms with van der Waals surface area (Å²) >= 11 is 0. The average Bonchev–Trinajstić information content (AvgIpc) is 3.15. The maximum absolute atomic E-state index is 12.8. The third-order valence-corrected chi connectivity index (χ3v) is 8.00. The molecule has 3 heterocycles. The van der Waals surface area contributed by atoms with Crippen LogP contribution in [0.25, 0.3) is 0 Å². The molecule has 33 heavy (non-hydrogen) atoms. The molecule has 1 aliphatic carbocycles. The lowest BCUT2D eigenvalue weighted by Gasteiger charge is -2.21. The minimum Gasteiger partial charge on any atom is -0.381 e. The lowest BCUT2D eigenvalue weighted by molar-refractivity contribution is -0.137. The highest BCUT2D eigenvalue weighted by molar-refractivity contribution is 5.34. The summed E-state index contributed by atoms with van der Waals surface area (Å²) in [5, 5.41) is 8.91. The van der Waals surface area contributed by atoms with Gasteiger partial charge in [-0.2, -0.15) is 13.2 Å². The van der Waals surface area contributed by atoms with E-state index in [-0.39, 0.29) is 5.41 Å². The zero-order valence-electron chi connectivity index (χ0n) is 19.3. The topological polar surface area (TPSA) is 43.2 Å². The van der Waals surface area contributed by atoms with Crippen molar-refractivity contribution >= 4 is 0 Å². The van der Waals surface area contributed by atoms with E-state index in [0.29, 0.717) is 11.8 Å². The van der Waals surface area contributed by atoms with E-state index in [9.17, 15) is 13.2 Å². The van der Waals surface area contributed by atoms with Crippen molar-refractivity contribution in [2.75, 3.05) is 32.8 Å². The van der Waals surface area contributed by atoms with Gasteiger partial charge in [0.25, 0.3) is 0 Å². The van der Waals surface area contributed by atoms with Crippen LogP contribution < -0.4 is 0 Å². The largest absolute Gasteiger partial charge is 0.416 e. The van der Waals surface area contributed by atoms with Crippen molar-refractivity contribution in [2.24, 2.45) is 12.5 Å². The number of likely N-dealkylation sites (tertiary alicyclic amines) is 1. The van der Waals surface area contributed by atoms with Crippen LogP contribution in [0.2, 0.25) is 0 Å². The van der Waals surface area contributed by atoms with Crippen LogP contribution in [0.15, 0.2) is 24.3 Å². The van der Waals surface area contributed by atoms with Gasteiger partial charge in [0.2, 0.25) is 0 Å².